The fourth-order valence-electron chi connectivity index (χ4n) is 1.43. The van der Waals surface area contributed by atoms with Gasteiger partial charge in [0.25, 0.3) is 0 Å². The smallest absolute Gasteiger partial charge is 0.0693 e. The molecule has 0 amide bonds. The van der Waals surface area contributed by atoms with Gasteiger partial charge in [0.05, 0.1) is 6.61 Å². The second-order valence-corrected chi connectivity index (χ2v) is 5.73. The molecule has 1 aromatic carbocycles. The van der Waals surface area contributed by atoms with Crippen LogP contribution in [0.5, 0.6) is 0 Å². The molecule has 0 aliphatic rings. The summed E-state index contributed by atoms with van der Waals surface area (Å²) in [5.41, 5.74) is 1.03. The first-order chi connectivity index (χ1) is 6.77. The third-order valence-electron chi connectivity index (χ3n) is 2.11. The van der Waals surface area contributed by atoms with Gasteiger partial charge in [0, 0.05) is 23.9 Å². The summed E-state index contributed by atoms with van der Waals surface area (Å²) in [4.78, 5) is 1.22. The molecule has 1 N–H and O–H groups in total. The van der Waals surface area contributed by atoms with Crippen LogP contribution in [0.2, 0.25) is 0 Å². The van der Waals surface area contributed by atoms with Crippen LogP contribution in [0, 0.1) is 3.57 Å². The predicted octanol–water partition coefficient (Wildman–Crippen LogP) is 3.72. The van der Waals surface area contributed by atoms with Gasteiger partial charge in [-0.25, -0.2) is 0 Å². The van der Waals surface area contributed by atoms with Crippen molar-refractivity contribution in [2.24, 2.45) is 0 Å². The molecular weight excluding hydrogens is 327 g/mol. The Morgan fingerprint density at radius 2 is 2.29 bits per heavy atom. The Morgan fingerprint density at radius 1 is 1.50 bits per heavy atom. The number of aliphatic hydroxyl groups is 1. The van der Waals surface area contributed by atoms with Gasteiger partial charge in [-0.15, -0.1) is 23.1 Å². The standard InChI is InChI=1S/C10H9IOS2/c1-13-9-6(4-12)2-3-7-8(11)5-14-10(7)9/h2-3,5,12H,4H2,1H3. The number of hydrogen-bond acceptors (Lipinski definition) is 3. The summed E-state index contributed by atoms with van der Waals surface area (Å²) in [6, 6.07) is 4.11. The Hall–Kier alpha value is 0.220. The van der Waals surface area contributed by atoms with E-state index in [1.54, 1.807) is 23.1 Å². The molecule has 0 bridgehead atoms. The lowest BCUT2D eigenvalue weighted by Gasteiger charge is -2.05. The highest BCUT2D eigenvalue weighted by molar-refractivity contribution is 14.1. The molecule has 0 atom stereocenters. The van der Waals surface area contributed by atoms with E-state index in [-0.39, 0.29) is 6.61 Å². The Labute approximate surface area is 105 Å². The van der Waals surface area contributed by atoms with E-state index in [0.717, 1.165) is 5.56 Å². The zero-order valence-electron chi connectivity index (χ0n) is 7.58. The fourth-order valence-corrected chi connectivity index (χ4v) is 4.42. The van der Waals surface area contributed by atoms with Crippen molar-refractivity contribution < 1.29 is 5.11 Å². The SMILES string of the molecule is CSc1c(CO)ccc2c(I)csc12. The molecule has 0 fully saturated rings. The van der Waals surface area contributed by atoms with Gasteiger partial charge in [0.2, 0.25) is 0 Å². The molecule has 0 spiro atoms. The fraction of sp³-hybridized carbons (Fsp3) is 0.200. The molecule has 2 aromatic rings. The number of rotatable bonds is 2. The minimum Gasteiger partial charge on any atom is -0.392 e. The third-order valence-corrected chi connectivity index (χ3v) is 5.44. The number of halogens is 1. The lowest BCUT2D eigenvalue weighted by atomic mass is 10.2. The van der Waals surface area contributed by atoms with Gasteiger partial charge in [0.15, 0.2) is 0 Å². The first-order valence-corrected chi connectivity index (χ1v) is 7.29. The highest BCUT2D eigenvalue weighted by Crippen LogP contribution is 2.36. The molecule has 0 saturated carbocycles. The summed E-state index contributed by atoms with van der Waals surface area (Å²) in [7, 11) is 0. The van der Waals surface area contributed by atoms with Crippen LogP contribution >= 0.6 is 45.7 Å². The third kappa shape index (κ3) is 1.68. The summed E-state index contributed by atoms with van der Waals surface area (Å²) in [5.74, 6) is 0. The van der Waals surface area contributed by atoms with Crippen molar-refractivity contribution in [3.05, 3.63) is 26.6 Å². The van der Waals surface area contributed by atoms with Crippen molar-refractivity contribution in [2.75, 3.05) is 6.26 Å². The van der Waals surface area contributed by atoms with E-state index < -0.39 is 0 Å². The van der Waals surface area contributed by atoms with E-state index in [1.807, 2.05) is 6.07 Å². The summed E-state index contributed by atoms with van der Waals surface area (Å²) >= 11 is 5.81. The van der Waals surface area contributed by atoms with Crippen molar-refractivity contribution in [3.63, 3.8) is 0 Å². The molecular formula is C10H9IOS2. The predicted molar refractivity (Wildman–Crippen MR) is 72.2 cm³/mol. The van der Waals surface area contributed by atoms with Gasteiger partial charge < -0.3 is 5.11 Å². The minimum atomic E-state index is 0.126. The normalized spacial score (nSPS) is 11.1. The quantitative estimate of drug-likeness (QED) is 0.666. The van der Waals surface area contributed by atoms with Crippen LogP contribution in [0.25, 0.3) is 10.1 Å². The summed E-state index contributed by atoms with van der Waals surface area (Å²) in [5, 5.41) is 12.7. The number of benzene rings is 1. The molecule has 0 aliphatic heterocycles. The molecule has 0 unspecified atom stereocenters. The molecule has 74 valence electrons. The van der Waals surface area contributed by atoms with Crippen LogP contribution < -0.4 is 0 Å². The zero-order chi connectivity index (χ0) is 10.1. The van der Waals surface area contributed by atoms with Gasteiger partial charge >= 0.3 is 0 Å². The number of aliphatic hydroxyl groups excluding tert-OH is 1. The molecule has 2 rings (SSSR count). The van der Waals surface area contributed by atoms with Crippen LogP contribution in [0.3, 0.4) is 0 Å². The van der Waals surface area contributed by atoms with Crippen molar-refractivity contribution >= 4 is 55.8 Å². The molecule has 4 heteroatoms. The number of hydrogen-bond donors (Lipinski definition) is 1. The number of fused-ring (bicyclic) bond motifs is 1. The number of thiophene rings is 1. The van der Waals surface area contributed by atoms with Crippen LogP contribution in [0.1, 0.15) is 5.56 Å². The zero-order valence-corrected chi connectivity index (χ0v) is 11.4. The van der Waals surface area contributed by atoms with Gasteiger partial charge in [-0.2, -0.15) is 0 Å². The van der Waals surface area contributed by atoms with E-state index in [9.17, 15) is 5.11 Å². The van der Waals surface area contributed by atoms with Crippen molar-refractivity contribution in [2.45, 2.75) is 11.5 Å². The van der Waals surface area contributed by atoms with E-state index in [1.165, 1.54) is 18.6 Å². The Kier molecular flexibility index (Phi) is 3.36. The van der Waals surface area contributed by atoms with Crippen LogP contribution in [0.4, 0.5) is 0 Å². The summed E-state index contributed by atoms with van der Waals surface area (Å²) < 4.78 is 2.59. The van der Waals surface area contributed by atoms with E-state index in [0.29, 0.717) is 0 Å². The topological polar surface area (TPSA) is 20.2 Å². The van der Waals surface area contributed by atoms with Crippen molar-refractivity contribution in [1.82, 2.24) is 0 Å². The second-order valence-electron chi connectivity index (χ2n) is 2.88. The lowest BCUT2D eigenvalue weighted by Crippen LogP contribution is -1.86. The minimum absolute atomic E-state index is 0.126. The maximum atomic E-state index is 9.21. The average Bonchev–Trinajstić information content (AvgIpc) is 2.59. The Bertz CT molecular complexity index is 464. The first-order valence-electron chi connectivity index (χ1n) is 4.11. The van der Waals surface area contributed by atoms with E-state index in [4.69, 9.17) is 0 Å². The molecule has 0 aliphatic carbocycles. The first kappa shape index (κ1) is 10.7. The summed E-state index contributed by atoms with van der Waals surface area (Å²) in [6.07, 6.45) is 2.06. The Balaban J connectivity index is 2.77. The summed E-state index contributed by atoms with van der Waals surface area (Å²) in [6.45, 7) is 0.126. The molecule has 0 saturated heterocycles. The van der Waals surface area contributed by atoms with Crippen molar-refractivity contribution in [3.8, 4) is 0 Å². The van der Waals surface area contributed by atoms with Crippen LogP contribution in [-0.4, -0.2) is 11.4 Å². The largest absolute Gasteiger partial charge is 0.392 e. The maximum Gasteiger partial charge on any atom is 0.0693 e. The number of thioether (sulfide) groups is 1. The van der Waals surface area contributed by atoms with Gasteiger partial charge in [-0.3, -0.25) is 0 Å². The van der Waals surface area contributed by atoms with Crippen LogP contribution in [-0.2, 0) is 6.61 Å². The highest BCUT2D eigenvalue weighted by Gasteiger charge is 2.09. The molecule has 14 heavy (non-hydrogen) atoms. The average molecular weight is 336 g/mol. The van der Waals surface area contributed by atoms with E-state index >= 15 is 0 Å². The highest BCUT2D eigenvalue weighted by atomic mass is 127. The molecule has 1 nitrogen and oxygen atoms in total. The van der Waals surface area contributed by atoms with Gasteiger partial charge in [-0.1, -0.05) is 12.1 Å². The lowest BCUT2D eigenvalue weighted by molar-refractivity contribution is 0.279. The van der Waals surface area contributed by atoms with Gasteiger partial charge in [0.1, 0.15) is 0 Å². The maximum absolute atomic E-state index is 9.21. The van der Waals surface area contributed by atoms with Crippen molar-refractivity contribution in [1.29, 1.82) is 0 Å². The van der Waals surface area contributed by atoms with E-state index in [2.05, 4.69) is 40.3 Å². The molecule has 1 heterocycles. The Morgan fingerprint density at radius 3 is 2.93 bits per heavy atom. The van der Waals surface area contributed by atoms with Gasteiger partial charge in [-0.05, 0) is 34.4 Å². The van der Waals surface area contributed by atoms with Crippen LogP contribution in [0.15, 0.2) is 22.4 Å². The molecule has 1 aromatic heterocycles. The molecule has 0 radical (unpaired) electrons. The monoisotopic (exact) mass is 336 g/mol. The second kappa shape index (κ2) is 4.38.